The normalized spacial score (nSPS) is 18.8. The molecule has 1 aliphatic rings. The summed E-state index contributed by atoms with van der Waals surface area (Å²) in [6.45, 7) is -2.65. The fourth-order valence-electron chi connectivity index (χ4n) is 3.66. The zero-order chi connectivity index (χ0) is 23.3. The van der Waals surface area contributed by atoms with Crippen LogP contribution in [0.1, 0.15) is 28.8 Å². The summed E-state index contributed by atoms with van der Waals surface area (Å²) in [6, 6.07) is 10.8. The van der Waals surface area contributed by atoms with Gasteiger partial charge in [-0.25, -0.2) is 4.79 Å². The van der Waals surface area contributed by atoms with Crippen molar-refractivity contribution >= 4 is 11.7 Å². The van der Waals surface area contributed by atoms with Crippen LogP contribution in [0.25, 0.3) is 0 Å². The number of rotatable bonds is 8. The molecule has 5 nitrogen and oxygen atoms in total. The molecule has 0 amide bonds. The molecule has 1 aliphatic heterocycles. The average molecular weight is 459 g/mol. The van der Waals surface area contributed by atoms with Crippen LogP contribution in [-0.4, -0.2) is 45.0 Å². The van der Waals surface area contributed by atoms with Crippen molar-refractivity contribution in [2.75, 3.05) is 25.2 Å². The number of carbonyl (C=O) groups excluding carboxylic acids is 1. The van der Waals surface area contributed by atoms with Crippen LogP contribution >= 0.6 is 0 Å². The Balaban J connectivity index is 1.72. The van der Waals surface area contributed by atoms with Gasteiger partial charge in [-0.05, 0) is 55.0 Å². The van der Waals surface area contributed by atoms with E-state index in [1.165, 1.54) is 19.2 Å². The first kappa shape index (κ1) is 23.8. The largest absolute Gasteiger partial charge is 0.489 e. The van der Waals surface area contributed by atoms with Gasteiger partial charge in [-0.3, -0.25) is 0 Å². The van der Waals surface area contributed by atoms with Crippen LogP contribution in [-0.2, 0) is 15.7 Å². The van der Waals surface area contributed by atoms with Crippen molar-refractivity contribution in [3.05, 3.63) is 59.7 Å². The molecule has 3 rings (SSSR count). The minimum absolute atomic E-state index is 0.161. The minimum atomic E-state index is -4.44. The topological polar surface area (TPSA) is 48.0 Å². The van der Waals surface area contributed by atoms with E-state index < -0.39 is 24.3 Å². The Morgan fingerprint density at radius 2 is 1.75 bits per heavy atom. The number of carbonyl (C=O) groups is 1. The lowest BCUT2D eigenvalue weighted by molar-refractivity contribution is -0.137. The number of methoxy groups -OCH3 is 1. The number of esters is 1. The van der Waals surface area contributed by atoms with Crippen molar-refractivity contribution in [3.8, 4) is 5.75 Å². The van der Waals surface area contributed by atoms with E-state index in [0.717, 1.165) is 17.8 Å². The molecule has 1 fully saturated rings. The number of anilines is 1. The first-order valence-electron chi connectivity index (χ1n) is 9.86. The first-order chi connectivity index (χ1) is 15.2. The highest BCUT2D eigenvalue weighted by molar-refractivity contribution is 5.89. The zero-order valence-corrected chi connectivity index (χ0v) is 17.1. The lowest BCUT2D eigenvalue weighted by atomic mass is 10.1. The summed E-state index contributed by atoms with van der Waals surface area (Å²) >= 11 is 0. The van der Waals surface area contributed by atoms with Crippen molar-refractivity contribution in [1.29, 1.82) is 0 Å². The smallest absolute Gasteiger partial charge is 0.416 e. The molecule has 2 aromatic rings. The maximum Gasteiger partial charge on any atom is 0.416 e. The van der Waals surface area contributed by atoms with Crippen LogP contribution in [0.2, 0.25) is 0 Å². The van der Waals surface area contributed by atoms with Crippen LogP contribution in [0.15, 0.2) is 48.5 Å². The number of ether oxygens (including phenoxy) is 3. The third-order valence-corrected chi connectivity index (χ3v) is 5.18. The lowest BCUT2D eigenvalue weighted by Crippen LogP contribution is -2.31. The van der Waals surface area contributed by atoms with Crippen LogP contribution in [0.3, 0.4) is 0 Å². The number of hydrogen-bond donors (Lipinski definition) is 0. The number of benzene rings is 2. The van der Waals surface area contributed by atoms with Crippen LogP contribution in [0.5, 0.6) is 5.75 Å². The molecule has 2 aromatic carbocycles. The van der Waals surface area contributed by atoms with E-state index in [-0.39, 0.29) is 24.5 Å². The molecule has 1 saturated heterocycles. The van der Waals surface area contributed by atoms with E-state index in [9.17, 15) is 26.7 Å². The molecule has 0 unspecified atom stereocenters. The van der Waals surface area contributed by atoms with Crippen molar-refractivity contribution in [3.63, 3.8) is 0 Å². The first-order valence-corrected chi connectivity index (χ1v) is 9.86. The molecule has 2 atom stereocenters. The Labute approximate surface area is 181 Å². The SMILES string of the molecule is COC(=O)c1ccc(N2C[C@H](Oc3ccc(C(F)(F)F)cc3)C[C@H]2CCOC(F)F)cc1. The van der Waals surface area contributed by atoms with Gasteiger partial charge >= 0.3 is 18.8 Å². The molecular formula is C22H22F5NO4. The van der Waals surface area contributed by atoms with Crippen LogP contribution in [0.4, 0.5) is 27.6 Å². The van der Waals surface area contributed by atoms with Crippen molar-refractivity contribution in [2.45, 2.75) is 37.8 Å². The second-order valence-electron chi connectivity index (χ2n) is 7.26. The highest BCUT2D eigenvalue weighted by atomic mass is 19.4. The monoisotopic (exact) mass is 459 g/mol. The summed E-state index contributed by atoms with van der Waals surface area (Å²) in [7, 11) is 1.28. The molecule has 0 aliphatic carbocycles. The highest BCUT2D eigenvalue weighted by Gasteiger charge is 2.34. The standard InChI is InChI=1S/C22H22F5NO4/c1-30-20(29)14-2-6-16(7-3-14)28-13-19(12-17(28)10-11-31-21(23)24)32-18-8-4-15(5-9-18)22(25,26)27/h2-9,17,19,21H,10-13H2,1H3/t17-,19-/m1/s1. The second-order valence-corrected chi connectivity index (χ2v) is 7.26. The van der Waals surface area contributed by atoms with Gasteiger partial charge in [0, 0.05) is 18.2 Å². The van der Waals surface area contributed by atoms with E-state index in [4.69, 9.17) is 4.74 Å². The molecule has 0 saturated carbocycles. The number of nitrogens with zero attached hydrogens (tertiary/aromatic N) is 1. The van der Waals surface area contributed by atoms with Gasteiger partial charge in [0.1, 0.15) is 11.9 Å². The Kier molecular flexibility index (Phi) is 7.55. The molecule has 0 spiro atoms. The molecule has 0 radical (unpaired) electrons. The van der Waals surface area contributed by atoms with Gasteiger partial charge in [0.15, 0.2) is 0 Å². The molecule has 174 valence electrons. The maximum absolute atomic E-state index is 12.7. The van der Waals surface area contributed by atoms with Gasteiger partial charge in [-0.1, -0.05) is 0 Å². The Bertz CT molecular complexity index is 887. The van der Waals surface area contributed by atoms with Crippen molar-refractivity contribution in [2.24, 2.45) is 0 Å². The predicted octanol–water partition coefficient (Wildman–Crippen LogP) is 5.15. The Morgan fingerprint density at radius 3 is 2.31 bits per heavy atom. The maximum atomic E-state index is 12.7. The summed E-state index contributed by atoms with van der Waals surface area (Å²) in [5.74, 6) is -0.197. The molecule has 32 heavy (non-hydrogen) atoms. The fourth-order valence-corrected chi connectivity index (χ4v) is 3.66. The van der Waals surface area contributed by atoms with Gasteiger partial charge in [-0.15, -0.1) is 0 Å². The minimum Gasteiger partial charge on any atom is -0.489 e. The molecule has 0 N–H and O–H groups in total. The molecular weight excluding hydrogens is 437 g/mol. The fraction of sp³-hybridized carbons (Fsp3) is 0.409. The van der Waals surface area contributed by atoms with Gasteiger partial charge < -0.3 is 19.1 Å². The van der Waals surface area contributed by atoms with Gasteiger partial charge in [0.2, 0.25) is 0 Å². The van der Waals surface area contributed by atoms with Crippen molar-refractivity contribution in [1.82, 2.24) is 0 Å². The predicted molar refractivity (Wildman–Crippen MR) is 106 cm³/mol. The highest BCUT2D eigenvalue weighted by Crippen LogP contribution is 2.33. The van der Waals surface area contributed by atoms with E-state index in [2.05, 4.69) is 9.47 Å². The average Bonchev–Trinajstić information content (AvgIpc) is 3.15. The summed E-state index contributed by atoms with van der Waals surface area (Å²) in [5, 5.41) is 0. The summed E-state index contributed by atoms with van der Waals surface area (Å²) in [5.41, 5.74) is 0.342. The second kappa shape index (κ2) is 10.2. The third-order valence-electron chi connectivity index (χ3n) is 5.18. The van der Waals surface area contributed by atoms with Crippen LogP contribution < -0.4 is 9.64 Å². The molecule has 0 bridgehead atoms. The Morgan fingerprint density at radius 1 is 1.09 bits per heavy atom. The quantitative estimate of drug-likeness (QED) is 0.404. The number of halogens is 5. The summed E-state index contributed by atoms with van der Waals surface area (Å²) in [6.07, 6.45) is -4.04. The number of hydrogen-bond acceptors (Lipinski definition) is 5. The molecule has 10 heteroatoms. The van der Waals surface area contributed by atoms with E-state index in [1.54, 1.807) is 24.3 Å². The van der Waals surface area contributed by atoms with Crippen molar-refractivity contribution < 1.29 is 41.0 Å². The Hall–Kier alpha value is -2.88. The van der Waals surface area contributed by atoms with Gasteiger partial charge in [0.25, 0.3) is 0 Å². The van der Waals surface area contributed by atoms with E-state index in [1.807, 2.05) is 4.90 Å². The third kappa shape index (κ3) is 6.09. The summed E-state index contributed by atoms with van der Waals surface area (Å²) in [4.78, 5) is 13.6. The molecule has 0 aromatic heterocycles. The lowest BCUT2D eigenvalue weighted by Gasteiger charge is -2.26. The van der Waals surface area contributed by atoms with E-state index >= 15 is 0 Å². The number of alkyl halides is 5. The summed E-state index contributed by atoms with van der Waals surface area (Å²) < 4.78 is 77.9. The zero-order valence-electron chi connectivity index (χ0n) is 17.1. The van der Waals surface area contributed by atoms with E-state index in [0.29, 0.717) is 24.9 Å². The van der Waals surface area contributed by atoms with Gasteiger partial charge in [0.05, 0.1) is 31.4 Å². The van der Waals surface area contributed by atoms with Crippen LogP contribution in [0, 0.1) is 0 Å². The molecule has 1 heterocycles. The van der Waals surface area contributed by atoms with Gasteiger partial charge in [-0.2, -0.15) is 22.0 Å².